The molecule has 0 bridgehead atoms. The summed E-state index contributed by atoms with van der Waals surface area (Å²) in [4.78, 5) is 27.8. The molecule has 0 radical (unpaired) electrons. The Bertz CT molecular complexity index is 836. The molecule has 0 aliphatic carbocycles. The Hall–Kier alpha value is -1.90. The molecule has 1 atom stereocenters. The highest BCUT2D eigenvalue weighted by molar-refractivity contribution is 8.00. The van der Waals surface area contributed by atoms with Gasteiger partial charge in [0.15, 0.2) is 0 Å². The molecule has 2 aromatic rings. The van der Waals surface area contributed by atoms with E-state index in [1.807, 2.05) is 0 Å². The Kier molecular flexibility index (Phi) is 6.51. The summed E-state index contributed by atoms with van der Waals surface area (Å²) in [5.41, 5.74) is 7.06. The van der Waals surface area contributed by atoms with E-state index in [0.29, 0.717) is 10.6 Å². The van der Waals surface area contributed by atoms with Gasteiger partial charge in [0, 0.05) is 11.3 Å². The summed E-state index contributed by atoms with van der Waals surface area (Å²) in [7, 11) is 0. The largest absolute Gasteiger partial charge is 0.365 e. The van der Waals surface area contributed by atoms with Gasteiger partial charge < -0.3 is 16.0 Å². The maximum atomic E-state index is 12.9. The summed E-state index contributed by atoms with van der Waals surface area (Å²) in [5.74, 6) is -0.825. The number of nitrogens with two attached hydrogens (primary N) is 1. The molecule has 0 fully saturated rings. The first-order valence-electron chi connectivity index (χ1n) is 8.94. The molecule has 1 unspecified atom stereocenters. The lowest BCUT2D eigenvalue weighted by atomic mass is 10.0. The monoisotopic (exact) mass is 408 g/mol. The van der Waals surface area contributed by atoms with E-state index in [9.17, 15) is 14.0 Å². The fourth-order valence-electron chi connectivity index (χ4n) is 3.29. The van der Waals surface area contributed by atoms with E-state index < -0.39 is 5.91 Å². The molecular formula is C19H23FN3O2S2+. The third-order valence-corrected chi connectivity index (χ3v) is 6.68. The Morgan fingerprint density at radius 1 is 1.33 bits per heavy atom. The summed E-state index contributed by atoms with van der Waals surface area (Å²) in [6, 6.07) is 6.00. The topological polar surface area (TPSA) is 76.6 Å². The predicted octanol–water partition coefficient (Wildman–Crippen LogP) is 2.07. The molecule has 2 amide bonds. The SMILES string of the molecule is CCC[NH+]1CCc2c(sc(NC(=O)CSc3ccc(F)cc3)c2C(N)=O)C1. The first kappa shape index (κ1) is 19.9. The number of amides is 2. The van der Waals surface area contributed by atoms with Gasteiger partial charge in [0.1, 0.15) is 17.4 Å². The van der Waals surface area contributed by atoms with Crippen LogP contribution in [0.2, 0.25) is 0 Å². The summed E-state index contributed by atoms with van der Waals surface area (Å²) in [5, 5.41) is 3.40. The van der Waals surface area contributed by atoms with Crippen LogP contribution in [0.1, 0.15) is 34.1 Å². The number of halogens is 1. The van der Waals surface area contributed by atoms with Crippen LogP contribution in [0.5, 0.6) is 0 Å². The van der Waals surface area contributed by atoms with Crippen molar-refractivity contribution in [3.63, 3.8) is 0 Å². The number of carbonyl (C=O) groups excluding carboxylic acids is 2. The zero-order chi connectivity index (χ0) is 19.4. The van der Waals surface area contributed by atoms with Crippen molar-refractivity contribution in [2.24, 2.45) is 5.73 Å². The first-order valence-corrected chi connectivity index (χ1v) is 10.7. The Morgan fingerprint density at radius 3 is 2.74 bits per heavy atom. The number of thiophene rings is 1. The summed E-state index contributed by atoms with van der Waals surface area (Å²) in [6.07, 6.45) is 1.92. The normalized spacial score (nSPS) is 16.0. The lowest BCUT2D eigenvalue weighted by Gasteiger charge is -2.23. The number of primary amides is 1. The molecule has 0 saturated carbocycles. The number of fused-ring (bicyclic) bond motifs is 1. The van der Waals surface area contributed by atoms with Crippen molar-refractivity contribution in [3.05, 3.63) is 46.1 Å². The molecular weight excluding hydrogens is 385 g/mol. The minimum absolute atomic E-state index is 0.180. The van der Waals surface area contributed by atoms with E-state index in [2.05, 4.69) is 12.2 Å². The second kappa shape index (κ2) is 8.86. The van der Waals surface area contributed by atoms with E-state index in [4.69, 9.17) is 5.73 Å². The van der Waals surface area contributed by atoms with Crippen LogP contribution < -0.4 is 16.0 Å². The molecule has 4 N–H and O–H groups in total. The van der Waals surface area contributed by atoms with Crippen molar-refractivity contribution in [1.82, 2.24) is 0 Å². The van der Waals surface area contributed by atoms with Crippen molar-refractivity contribution in [3.8, 4) is 0 Å². The van der Waals surface area contributed by atoms with Crippen molar-refractivity contribution in [2.45, 2.75) is 31.2 Å². The minimum atomic E-state index is -0.493. The predicted molar refractivity (Wildman–Crippen MR) is 107 cm³/mol. The molecule has 1 aliphatic heterocycles. The molecule has 27 heavy (non-hydrogen) atoms. The van der Waals surface area contributed by atoms with Gasteiger partial charge in [-0.25, -0.2) is 4.39 Å². The van der Waals surface area contributed by atoms with Gasteiger partial charge in [0.25, 0.3) is 5.91 Å². The van der Waals surface area contributed by atoms with Crippen LogP contribution in [0.4, 0.5) is 9.39 Å². The fourth-order valence-corrected chi connectivity index (χ4v) is 5.33. The van der Waals surface area contributed by atoms with Crippen LogP contribution >= 0.6 is 23.1 Å². The molecule has 0 spiro atoms. The number of benzene rings is 1. The van der Waals surface area contributed by atoms with Crippen LogP contribution in [-0.2, 0) is 17.8 Å². The fraction of sp³-hybridized carbons (Fsp3) is 0.368. The number of quaternary nitrogens is 1. The maximum absolute atomic E-state index is 12.9. The third-order valence-electron chi connectivity index (χ3n) is 4.52. The number of carbonyl (C=O) groups is 2. The molecule has 1 aromatic carbocycles. The van der Waals surface area contributed by atoms with Crippen LogP contribution in [0, 0.1) is 5.82 Å². The second-order valence-corrected chi connectivity index (χ2v) is 8.69. The lowest BCUT2D eigenvalue weighted by Crippen LogP contribution is -3.11. The van der Waals surface area contributed by atoms with Gasteiger partial charge in [-0.05, 0) is 36.2 Å². The molecule has 2 heterocycles. The molecule has 0 saturated heterocycles. The number of rotatable bonds is 7. The summed E-state index contributed by atoms with van der Waals surface area (Å²) < 4.78 is 12.9. The maximum Gasteiger partial charge on any atom is 0.252 e. The number of nitrogens with one attached hydrogen (secondary N) is 2. The van der Waals surface area contributed by atoms with Crippen LogP contribution in [0.15, 0.2) is 29.2 Å². The zero-order valence-corrected chi connectivity index (χ0v) is 16.8. The van der Waals surface area contributed by atoms with Crippen molar-refractivity contribution in [1.29, 1.82) is 0 Å². The van der Waals surface area contributed by atoms with Gasteiger partial charge in [0.05, 0.1) is 29.3 Å². The van der Waals surface area contributed by atoms with Gasteiger partial charge in [-0.1, -0.05) is 6.92 Å². The van der Waals surface area contributed by atoms with Gasteiger partial charge in [-0.2, -0.15) is 0 Å². The second-order valence-electron chi connectivity index (χ2n) is 6.54. The smallest absolute Gasteiger partial charge is 0.252 e. The number of hydrogen-bond donors (Lipinski definition) is 3. The molecule has 144 valence electrons. The molecule has 5 nitrogen and oxygen atoms in total. The minimum Gasteiger partial charge on any atom is -0.365 e. The van der Waals surface area contributed by atoms with E-state index in [1.54, 1.807) is 12.1 Å². The van der Waals surface area contributed by atoms with Crippen molar-refractivity contribution >= 4 is 39.9 Å². The van der Waals surface area contributed by atoms with Gasteiger partial charge in [0.2, 0.25) is 5.91 Å². The van der Waals surface area contributed by atoms with Gasteiger partial charge >= 0.3 is 0 Å². The number of hydrogen-bond acceptors (Lipinski definition) is 4. The number of thioether (sulfide) groups is 1. The van der Waals surface area contributed by atoms with Gasteiger partial charge in [-0.3, -0.25) is 9.59 Å². The highest BCUT2D eigenvalue weighted by Crippen LogP contribution is 2.34. The van der Waals surface area contributed by atoms with E-state index in [-0.39, 0.29) is 17.5 Å². The van der Waals surface area contributed by atoms with E-state index >= 15 is 0 Å². The average Bonchev–Trinajstić information content (AvgIpc) is 2.98. The van der Waals surface area contributed by atoms with Crippen LogP contribution in [-0.4, -0.2) is 30.7 Å². The van der Waals surface area contributed by atoms with E-state index in [1.165, 1.54) is 40.1 Å². The highest BCUT2D eigenvalue weighted by Gasteiger charge is 2.29. The summed E-state index contributed by atoms with van der Waals surface area (Å²) >= 11 is 2.78. The average molecular weight is 409 g/mol. The molecule has 3 rings (SSSR count). The van der Waals surface area contributed by atoms with Crippen LogP contribution in [0.25, 0.3) is 0 Å². The standard InChI is InChI=1S/C19H22FN3O2S2/c1-2-8-23-9-7-14-15(10-23)27-19(17(14)18(21)25)22-16(24)11-26-13-5-3-12(20)4-6-13/h3-6H,2,7-11H2,1H3,(H2,21,25)(H,22,24)/p+1. The lowest BCUT2D eigenvalue weighted by molar-refractivity contribution is -0.915. The quantitative estimate of drug-likeness (QED) is 0.614. The van der Waals surface area contributed by atoms with Crippen molar-refractivity contribution < 1.29 is 18.9 Å². The zero-order valence-electron chi connectivity index (χ0n) is 15.1. The Labute approximate surface area is 166 Å². The Morgan fingerprint density at radius 2 is 2.07 bits per heavy atom. The van der Waals surface area contributed by atoms with Crippen molar-refractivity contribution in [2.75, 3.05) is 24.2 Å². The summed E-state index contributed by atoms with van der Waals surface area (Å²) in [6.45, 7) is 5.11. The first-order chi connectivity index (χ1) is 13.0. The molecule has 1 aromatic heterocycles. The third kappa shape index (κ3) is 4.88. The molecule has 1 aliphatic rings. The van der Waals surface area contributed by atoms with E-state index in [0.717, 1.165) is 47.8 Å². The highest BCUT2D eigenvalue weighted by atomic mass is 32.2. The van der Waals surface area contributed by atoms with Crippen LogP contribution in [0.3, 0.4) is 0 Å². The number of anilines is 1. The van der Waals surface area contributed by atoms with Gasteiger partial charge in [-0.15, -0.1) is 23.1 Å². The Balaban J connectivity index is 1.69. The molecule has 8 heteroatoms.